The van der Waals surface area contributed by atoms with E-state index in [9.17, 15) is 4.79 Å². The molecule has 0 saturated heterocycles. The monoisotopic (exact) mass is 412 g/mol. The molecule has 0 aliphatic rings. The fraction of sp³-hybridized carbons (Fsp3) is 0.318. The summed E-state index contributed by atoms with van der Waals surface area (Å²) in [5.74, 6) is 0.662. The highest BCUT2D eigenvalue weighted by Gasteiger charge is 2.23. The van der Waals surface area contributed by atoms with Gasteiger partial charge in [-0.3, -0.25) is 4.79 Å². The van der Waals surface area contributed by atoms with Gasteiger partial charge in [-0.25, -0.2) is 9.97 Å². The zero-order valence-electron chi connectivity index (χ0n) is 17.0. The van der Waals surface area contributed by atoms with E-state index in [0.717, 1.165) is 22.9 Å². The average molecular weight is 413 g/mol. The molecule has 0 bridgehead atoms. The highest BCUT2D eigenvalue weighted by Crippen LogP contribution is 2.40. The van der Waals surface area contributed by atoms with Crippen molar-refractivity contribution in [2.24, 2.45) is 0 Å². The Labute approximate surface area is 175 Å². The van der Waals surface area contributed by atoms with Gasteiger partial charge in [0.15, 0.2) is 0 Å². The molecule has 0 spiro atoms. The first-order chi connectivity index (χ1) is 14.0. The van der Waals surface area contributed by atoms with E-state index in [4.69, 9.17) is 16.3 Å². The maximum Gasteiger partial charge on any atom is 0.257 e. The Kier molecular flexibility index (Phi) is 6.54. The first kappa shape index (κ1) is 20.9. The molecule has 0 fully saturated rings. The van der Waals surface area contributed by atoms with Crippen LogP contribution >= 0.6 is 11.6 Å². The van der Waals surface area contributed by atoms with E-state index in [1.54, 1.807) is 13.3 Å². The number of aromatic nitrogens is 2. The van der Waals surface area contributed by atoms with Gasteiger partial charge < -0.3 is 15.4 Å². The molecule has 29 heavy (non-hydrogen) atoms. The number of rotatable bonds is 7. The number of ether oxygens (including phenoxy) is 1. The van der Waals surface area contributed by atoms with Gasteiger partial charge in [-0.1, -0.05) is 36.7 Å². The zero-order valence-corrected chi connectivity index (χ0v) is 17.8. The van der Waals surface area contributed by atoms with E-state index in [-0.39, 0.29) is 11.9 Å². The quantitative estimate of drug-likeness (QED) is 0.576. The minimum absolute atomic E-state index is 0.161. The van der Waals surface area contributed by atoms with Crippen molar-refractivity contribution < 1.29 is 9.53 Å². The van der Waals surface area contributed by atoms with Gasteiger partial charge in [0.2, 0.25) is 5.95 Å². The predicted molar refractivity (Wildman–Crippen MR) is 118 cm³/mol. The Balaban J connectivity index is 2.31. The molecule has 1 amide bonds. The number of hydrogen-bond acceptors (Lipinski definition) is 5. The van der Waals surface area contributed by atoms with Crippen LogP contribution in [0.5, 0.6) is 5.75 Å². The Morgan fingerprint density at radius 1 is 1.24 bits per heavy atom. The summed E-state index contributed by atoms with van der Waals surface area (Å²) in [7, 11) is 1.55. The molecule has 2 aromatic carbocycles. The Morgan fingerprint density at radius 3 is 2.66 bits per heavy atom. The van der Waals surface area contributed by atoms with Gasteiger partial charge in [-0.05, 0) is 32.4 Å². The number of anilines is 1. The molecule has 7 heteroatoms. The van der Waals surface area contributed by atoms with Crippen LogP contribution in [-0.4, -0.2) is 35.6 Å². The molecule has 2 N–H and O–H groups in total. The number of carbonyl (C=O) groups is 1. The minimum atomic E-state index is -0.239. The van der Waals surface area contributed by atoms with Crippen molar-refractivity contribution in [1.29, 1.82) is 0 Å². The van der Waals surface area contributed by atoms with Crippen molar-refractivity contribution in [3.63, 3.8) is 0 Å². The fourth-order valence-electron chi connectivity index (χ4n) is 3.12. The van der Waals surface area contributed by atoms with Gasteiger partial charge in [0.05, 0.1) is 12.6 Å². The van der Waals surface area contributed by atoms with Crippen LogP contribution in [0, 0.1) is 0 Å². The van der Waals surface area contributed by atoms with E-state index in [0.29, 0.717) is 34.3 Å². The number of nitrogens with zero attached hydrogens (tertiary/aromatic N) is 2. The van der Waals surface area contributed by atoms with Crippen molar-refractivity contribution in [3.8, 4) is 16.9 Å². The number of nitrogens with one attached hydrogen (secondary N) is 2. The molecule has 6 nitrogen and oxygen atoms in total. The summed E-state index contributed by atoms with van der Waals surface area (Å²) in [5.41, 5.74) is 2.41. The Morgan fingerprint density at radius 2 is 2.00 bits per heavy atom. The number of fused-ring (bicyclic) bond motifs is 1. The molecule has 1 aromatic heterocycles. The van der Waals surface area contributed by atoms with Crippen LogP contribution in [0.3, 0.4) is 0 Å². The number of halogens is 1. The summed E-state index contributed by atoms with van der Waals surface area (Å²) < 4.78 is 5.72. The normalized spacial score (nSPS) is 11.0. The van der Waals surface area contributed by atoms with Gasteiger partial charge in [0.1, 0.15) is 11.3 Å². The largest absolute Gasteiger partial charge is 0.495 e. The van der Waals surface area contributed by atoms with E-state index in [1.165, 1.54) is 0 Å². The molecular formula is C22H25ClN4O2. The van der Waals surface area contributed by atoms with E-state index < -0.39 is 0 Å². The van der Waals surface area contributed by atoms with Gasteiger partial charge in [0.25, 0.3) is 5.91 Å². The summed E-state index contributed by atoms with van der Waals surface area (Å²) in [6.07, 6.45) is 2.54. The molecule has 0 aliphatic heterocycles. The highest BCUT2D eigenvalue weighted by atomic mass is 35.5. The summed E-state index contributed by atoms with van der Waals surface area (Å²) >= 11 is 6.44. The molecule has 3 rings (SSSR count). The fourth-order valence-corrected chi connectivity index (χ4v) is 3.35. The van der Waals surface area contributed by atoms with Gasteiger partial charge >= 0.3 is 0 Å². The summed E-state index contributed by atoms with van der Waals surface area (Å²) in [5, 5.41) is 7.43. The lowest BCUT2D eigenvalue weighted by molar-refractivity contribution is 0.0952. The van der Waals surface area contributed by atoms with Crippen LogP contribution in [0.25, 0.3) is 22.0 Å². The molecule has 3 aromatic rings. The van der Waals surface area contributed by atoms with Crippen molar-refractivity contribution in [3.05, 3.63) is 47.1 Å². The van der Waals surface area contributed by atoms with Crippen molar-refractivity contribution in [2.45, 2.75) is 33.2 Å². The number of amides is 1. The SMILES string of the molecule is CCCNC(=O)c1c(OC)c(-c2ccccc2Cl)cc2cnc(NC(C)C)nc12. The second kappa shape index (κ2) is 9.09. The first-order valence-electron chi connectivity index (χ1n) is 9.63. The van der Waals surface area contributed by atoms with Crippen LogP contribution in [0.15, 0.2) is 36.5 Å². The third-order valence-electron chi connectivity index (χ3n) is 4.37. The lowest BCUT2D eigenvalue weighted by Crippen LogP contribution is -2.25. The lowest BCUT2D eigenvalue weighted by Gasteiger charge is -2.18. The second-order valence-corrected chi connectivity index (χ2v) is 7.41. The van der Waals surface area contributed by atoms with Gasteiger partial charge in [-0.2, -0.15) is 0 Å². The molecule has 0 unspecified atom stereocenters. The van der Waals surface area contributed by atoms with Crippen LogP contribution in [0.2, 0.25) is 5.02 Å². The van der Waals surface area contributed by atoms with Crippen LogP contribution < -0.4 is 15.4 Å². The maximum absolute atomic E-state index is 13.1. The average Bonchev–Trinajstić information content (AvgIpc) is 2.70. The molecule has 0 radical (unpaired) electrons. The van der Waals surface area contributed by atoms with Crippen LogP contribution in [0.1, 0.15) is 37.6 Å². The molecule has 152 valence electrons. The van der Waals surface area contributed by atoms with E-state index in [1.807, 2.05) is 51.1 Å². The Hall–Kier alpha value is -2.86. The minimum Gasteiger partial charge on any atom is -0.495 e. The molecular weight excluding hydrogens is 388 g/mol. The summed E-state index contributed by atoms with van der Waals surface area (Å²) in [4.78, 5) is 22.1. The Bertz CT molecular complexity index is 1040. The maximum atomic E-state index is 13.1. The van der Waals surface area contributed by atoms with Crippen LogP contribution in [0.4, 0.5) is 5.95 Å². The van der Waals surface area contributed by atoms with Crippen molar-refractivity contribution >= 4 is 34.4 Å². The van der Waals surface area contributed by atoms with E-state index in [2.05, 4.69) is 20.6 Å². The van der Waals surface area contributed by atoms with Crippen molar-refractivity contribution in [1.82, 2.24) is 15.3 Å². The number of carbonyl (C=O) groups excluding carboxylic acids is 1. The highest BCUT2D eigenvalue weighted by molar-refractivity contribution is 6.33. The number of hydrogen-bond donors (Lipinski definition) is 2. The first-order valence-corrected chi connectivity index (χ1v) is 10.0. The third kappa shape index (κ3) is 4.43. The molecule has 0 aliphatic carbocycles. The smallest absolute Gasteiger partial charge is 0.257 e. The summed E-state index contributed by atoms with van der Waals surface area (Å²) in [6, 6.07) is 9.54. The van der Waals surface area contributed by atoms with Crippen molar-refractivity contribution in [2.75, 3.05) is 19.0 Å². The molecule has 1 heterocycles. The third-order valence-corrected chi connectivity index (χ3v) is 4.70. The second-order valence-electron chi connectivity index (χ2n) is 7.00. The van der Waals surface area contributed by atoms with Gasteiger partial charge in [0, 0.05) is 40.3 Å². The summed E-state index contributed by atoms with van der Waals surface area (Å²) in [6.45, 7) is 6.57. The number of benzene rings is 2. The van der Waals surface area contributed by atoms with Crippen LogP contribution in [-0.2, 0) is 0 Å². The topological polar surface area (TPSA) is 76.1 Å². The molecule has 0 atom stereocenters. The van der Waals surface area contributed by atoms with Gasteiger partial charge in [-0.15, -0.1) is 0 Å². The lowest BCUT2D eigenvalue weighted by atomic mass is 9.97. The molecule has 0 saturated carbocycles. The van der Waals surface area contributed by atoms with E-state index >= 15 is 0 Å². The zero-order chi connectivity index (χ0) is 21.0. The predicted octanol–water partition coefficient (Wildman–Crippen LogP) is 4.92. The number of methoxy groups -OCH3 is 1. The standard InChI is InChI=1S/C22H25ClN4O2/c1-5-10-24-21(28)18-19-14(12-25-22(27-19)26-13(2)3)11-16(20(18)29-4)15-8-6-7-9-17(15)23/h6-9,11-13H,5,10H2,1-4H3,(H,24,28)(H,25,26,27).